The molecule has 3 aromatic rings. The number of rotatable bonds is 3. The molecular weight excluding hydrogens is 331 g/mol. The van der Waals surface area contributed by atoms with E-state index in [-0.39, 0.29) is 17.4 Å². The SMILES string of the molecule is CC1Cc2ccccc2N1c1ccc(NC(=O)c2ccccc2F)nn1. The molecule has 6 heteroatoms. The van der Waals surface area contributed by atoms with Gasteiger partial charge in [-0.25, -0.2) is 4.39 Å². The molecule has 2 heterocycles. The molecule has 2 aromatic carbocycles. The van der Waals surface area contributed by atoms with Crippen LogP contribution < -0.4 is 10.2 Å². The number of carbonyl (C=O) groups excluding carboxylic acids is 1. The predicted octanol–water partition coefficient (Wildman–Crippen LogP) is 3.95. The third-order valence-electron chi connectivity index (χ3n) is 4.46. The number of hydrogen-bond donors (Lipinski definition) is 1. The van der Waals surface area contributed by atoms with Crippen LogP contribution in [-0.4, -0.2) is 22.1 Å². The molecule has 0 radical (unpaired) electrons. The molecule has 0 saturated heterocycles. The Bertz CT molecular complexity index is 958. The second kappa shape index (κ2) is 6.55. The average Bonchev–Trinajstić information content (AvgIpc) is 2.98. The number of nitrogens with zero attached hydrogens (tertiary/aromatic N) is 3. The summed E-state index contributed by atoms with van der Waals surface area (Å²) in [4.78, 5) is 14.3. The highest BCUT2D eigenvalue weighted by molar-refractivity contribution is 6.03. The zero-order valence-electron chi connectivity index (χ0n) is 14.2. The van der Waals surface area contributed by atoms with Gasteiger partial charge in [-0.15, -0.1) is 10.2 Å². The fourth-order valence-corrected chi connectivity index (χ4v) is 3.26. The highest BCUT2D eigenvalue weighted by Crippen LogP contribution is 2.36. The zero-order chi connectivity index (χ0) is 18.1. The predicted molar refractivity (Wildman–Crippen MR) is 98.1 cm³/mol. The van der Waals surface area contributed by atoms with Gasteiger partial charge in [-0.3, -0.25) is 4.79 Å². The van der Waals surface area contributed by atoms with E-state index in [0.29, 0.717) is 5.82 Å². The van der Waals surface area contributed by atoms with Gasteiger partial charge in [0, 0.05) is 11.7 Å². The normalized spacial score (nSPS) is 15.6. The molecule has 26 heavy (non-hydrogen) atoms. The third kappa shape index (κ3) is 2.90. The quantitative estimate of drug-likeness (QED) is 0.779. The second-order valence-corrected chi connectivity index (χ2v) is 6.26. The molecule has 0 fully saturated rings. The van der Waals surface area contributed by atoms with E-state index in [1.165, 1.54) is 23.8 Å². The molecule has 5 nitrogen and oxygen atoms in total. The maximum atomic E-state index is 13.7. The van der Waals surface area contributed by atoms with Crippen LogP contribution in [-0.2, 0) is 6.42 Å². The van der Waals surface area contributed by atoms with Crippen molar-refractivity contribution in [3.63, 3.8) is 0 Å². The number of benzene rings is 2. The van der Waals surface area contributed by atoms with Gasteiger partial charge in [-0.05, 0) is 49.2 Å². The van der Waals surface area contributed by atoms with Gasteiger partial charge in [0.15, 0.2) is 11.6 Å². The van der Waals surface area contributed by atoms with Crippen LogP contribution in [0.4, 0.5) is 21.7 Å². The van der Waals surface area contributed by atoms with E-state index >= 15 is 0 Å². The maximum absolute atomic E-state index is 13.7. The van der Waals surface area contributed by atoms with E-state index in [2.05, 4.69) is 39.5 Å². The molecule has 1 atom stereocenters. The van der Waals surface area contributed by atoms with Crippen molar-refractivity contribution < 1.29 is 9.18 Å². The molecule has 1 N–H and O–H groups in total. The van der Waals surface area contributed by atoms with Crippen LogP contribution in [0.25, 0.3) is 0 Å². The van der Waals surface area contributed by atoms with Crippen LogP contribution in [0.3, 0.4) is 0 Å². The summed E-state index contributed by atoms with van der Waals surface area (Å²) in [5.41, 5.74) is 2.37. The summed E-state index contributed by atoms with van der Waals surface area (Å²) in [6, 6.07) is 17.8. The summed E-state index contributed by atoms with van der Waals surface area (Å²) in [5, 5.41) is 10.9. The van der Waals surface area contributed by atoms with Crippen molar-refractivity contribution in [2.45, 2.75) is 19.4 Å². The molecule has 0 bridgehead atoms. The molecule has 1 amide bonds. The molecule has 4 rings (SSSR count). The standard InChI is InChI=1S/C20H17FN4O/c1-13-12-14-6-2-5-9-17(14)25(13)19-11-10-18(23-24-19)22-20(26)15-7-3-4-8-16(15)21/h2-11,13H,12H2,1H3,(H,22,23,26). The lowest BCUT2D eigenvalue weighted by atomic mass is 10.1. The Morgan fingerprint density at radius 1 is 1.08 bits per heavy atom. The summed E-state index contributed by atoms with van der Waals surface area (Å²) in [7, 11) is 0. The lowest BCUT2D eigenvalue weighted by Crippen LogP contribution is -2.25. The molecule has 1 aromatic heterocycles. The lowest BCUT2D eigenvalue weighted by Gasteiger charge is -2.23. The fourth-order valence-electron chi connectivity index (χ4n) is 3.26. The van der Waals surface area contributed by atoms with E-state index < -0.39 is 11.7 Å². The minimum Gasteiger partial charge on any atom is -0.321 e. The van der Waals surface area contributed by atoms with Gasteiger partial charge in [-0.1, -0.05) is 30.3 Å². The Morgan fingerprint density at radius 3 is 2.62 bits per heavy atom. The molecule has 1 unspecified atom stereocenters. The van der Waals surface area contributed by atoms with E-state index in [1.807, 2.05) is 18.2 Å². The number of amides is 1. The Hall–Kier alpha value is -3.28. The van der Waals surface area contributed by atoms with Crippen molar-refractivity contribution in [3.8, 4) is 0 Å². The van der Waals surface area contributed by atoms with Gasteiger partial charge in [0.1, 0.15) is 5.82 Å². The van der Waals surface area contributed by atoms with Crippen LogP contribution in [0, 0.1) is 5.82 Å². The lowest BCUT2D eigenvalue weighted by molar-refractivity contribution is 0.102. The summed E-state index contributed by atoms with van der Waals surface area (Å²) in [5.74, 6) is -0.129. The molecule has 0 aliphatic carbocycles. The largest absolute Gasteiger partial charge is 0.321 e. The molecule has 130 valence electrons. The molecular formula is C20H17FN4O. The number of para-hydroxylation sites is 1. The number of halogens is 1. The molecule has 1 aliphatic heterocycles. The van der Waals surface area contributed by atoms with Crippen LogP contribution in [0.1, 0.15) is 22.8 Å². The molecule has 0 spiro atoms. The number of hydrogen-bond acceptors (Lipinski definition) is 4. The minimum absolute atomic E-state index is 0.0273. The number of aromatic nitrogens is 2. The van der Waals surface area contributed by atoms with Gasteiger partial charge >= 0.3 is 0 Å². The number of anilines is 3. The van der Waals surface area contributed by atoms with E-state index in [0.717, 1.165) is 12.1 Å². The van der Waals surface area contributed by atoms with Gasteiger partial charge in [0.2, 0.25) is 0 Å². The highest BCUT2D eigenvalue weighted by Gasteiger charge is 2.27. The van der Waals surface area contributed by atoms with Crippen molar-refractivity contribution >= 4 is 23.2 Å². The first kappa shape index (κ1) is 16.2. The molecule has 0 saturated carbocycles. The topological polar surface area (TPSA) is 58.1 Å². The summed E-state index contributed by atoms with van der Waals surface area (Å²) in [6.07, 6.45) is 0.948. The van der Waals surface area contributed by atoms with Crippen molar-refractivity contribution in [1.29, 1.82) is 0 Å². The van der Waals surface area contributed by atoms with Crippen molar-refractivity contribution in [2.24, 2.45) is 0 Å². The van der Waals surface area contributed by atoms with Gasteiger partial charge < -0.3 is 10.2 Å². The van der Waals surface area contributed by atoms with Crippen molar-refractivity contribution in [1.82, 2.24) is 10.2 Å². The van der Waals surface area contributed by atoms with Crippen LogP contribution in [0.2, 0.25) is 0 Å². The first-order chi connectivity index (χ1) is 12.6. The van der Waals surface area contributed by atoms with Crippen LogP contribution >= 0.6 is 0 Å². The fraction of sp³-hybridized carbons (Fsp3) is 0.150. The van der Waals surface area contributed by atoms with Crippen molar-refractivity contribution in [2.75, 3.05) is 10.2 Å². The Labute approximate surface area is 150 Å². The molecule has 1 aliphatic rings. The van der Waals surface area contributed by atoms with Gasteiger partial charge in [-0.2, -0.15) is 0 Å². The Kier molecular flexibility index (Phi) is 4.08. The van der Waals surface area contributed by atoms with Gasteiger partial charge in [0.05, 0.1) is 5.56 Å². The van der Waals surface area contributed by atoms with Crippen LogP contribution in [0.15, 0.2) is 60.7 Å². The second-order valence-electron chi connectivity index (χ2n) is 6.26. The first-order valence-corrected chi connectivity index (χ1v) is 8.40. The average molecular weight is 348 g/mol. The van der Waals surface area contributed by atoms with E-state index in [4.69, 9.17) is 0 Å². The summed E-state index contributed by atoms with van der Waals surface area (Å²) in [6.45, 7) is 2.13. The zero-order valence-corrected chi connectivity index (χ0v) is 14.2. The first-order valence-electron chi connectivity index (χ1n) is 8.40. The maximum Gasteiger partial charge on any atom is 0.259 e. The summed E-state index contributed by atoms with van der Waals surface area (Å²) >= 11 is 0. The number of nitrogens with one attached hydrogen (secondary N) is 1. The monoisotopic (exact) mass is 348 g/mol. The van der Waals surface area contributed by atoms with Crippen molar-refractivity contribution in [3.05, 3.63) is 77.6 Å². The van der Waals surface area contributed by atoms with E-state index in [9.17, 15) is 9.18 Å². The number of fused-ring (bicyclic) bond motifs is 1. The van der Waals surface area contributed by atoms with E-state index in [1.54, 1.807) is 12.1 Å². The summed E-state index contributed by atoms with van der Waals surface area (Å²) < 4.78 is 13.7. The van der Waals surface area contributed by atoms with Gasteiger partial charge in [0.25, 0.3) is 5.91 Å². The Morgan fingerprint density at radius 2 is 1.85 bits per heavy atom. The third-order valence-corrected chi connectivity index (χ3v) is 4.46. The van der Waals surface area contributed by atoms with Crippen LogP contribution in [0.5, 0.6) is 0 Å². The minimum atomic E-state index is -0.572. The number of carbonyl (C=O) groups is 1. The Balaban J connectivity index is 1.54. The highest BCUT2D eigenvalue weighted by atomic mass is 19.1. The smallest absolute Gasteiger partial charge is 0.259 e.